The minimum Gasteiger partial charge on any atom is -0.350 e. The number of nitrogens with zero attached hydrogens (tertiary/aromatic N) is 4. The molecule has 0 saturated heterocycles. The highest BCUT2D eigenvalue weighted by Crippen LogP contribution is 2.17. The van der Waals surface area contributed by atoms with Crippen LogP contribution in [0, 0.1) is 19.8 Å². The van der Waals surface area contributed by atoms with Crippen LogP contribution in [0.1, 0.15) is 61.3 Å². The normalized spacial score (nSPS) is 12.5. The zero-order valence-corrected chi connectivity index (χ0v) is 17.4. The summed E-state index contributed by atoms with van der Waals surface area (Å²) in [6.45, 7) is 10.4. The van der Waals surface area contributed by atoms with E-state index in [1.54, 1.807) is 4.52 Å². The molecule has 1 aromatic carbocycles. The molecule has 1 N–H and O–H groups in total. The molecule has 0 aliphatic rings. The van der Waals surface area contributed by atoms with Gasteiger partial charge in [-0.25, -0.2) is 9.50 Å². The number of benzene rings is 1. The maximum Gasteiger partial charge on any atom is 0.252 e. The molecule has 0 aliphatic heterocycles. The second-order valence-corrected chi connectivity index (χ2v) is 7.86. The fourth-order valence-electron chi connectivity index (χ4n) is 3.57. The Labute approximate surface area is 166 Å². The van der Waals surface area contributed by atoms with Crippen LogP contribution in [0.25, 0.3) is 5.78 Å². The second-order valence-electron chi connectivity index (χ2n) is 7.86. The third kappa shape index (κ3) is 4.55. The fourth-order valence-corrected chi connectivity index (χ4v) is 3.57. The van der Waals surface area contributed by atoms with Gasteiger partial charge in [-0.15, -0.1) is 0 Å². The molecule has 1 atom stereocenters. The maximum atomic E-state index is 12.5. The average molecular weight is 380 g/mol. The molecule has 0 bridgehead atoms. The summed E-state index contributed by atoms with van der Waals surface area (Å²) >= 11 is 0. The molecule has 0 fully saturated rings. The molecule has 0 radical (unpaired) electrons. The molecule has 0 spiro atoms. The molecular formula is C22H29N5O. The molecule has 2 heterocycles. The van der Waals surface area contributed by atoms with Crippen LogP contribution < -0.4 is 5.32 Å². The molecule has 6 nitrogen and oxygen atoms in total. The molecule has 0 aliphatic carbocycles. The Morgan fingerprint density at radius 3 is 2.54 bits per heavy atom. The minimum absolute atomic E-state index is 0.0151. The number of rotatable bonds is 7. The number of aromatic nitrogens is 4. The smallest absolute Gasteiger partial charge is 0.252 e. The lowest BCUT2D eigenvalue weighted by Crippen LogP contribution is -2.27. The molecular weight excluding hydrogens is 350 g/mol. The third-order valence-corrected chi connectivity index (χ3v) is 5.09. The van der Waals surface area contributed by atoms with Crippen molar-refractivity contribution in [2.75, 3.05) is 0 Å². The lowest BCUT2D eigenvalue weighted by Gasteiger charge is -2.16. The van der Waals surface area contributed by atoms with Gasteiger partial charge in [-0.3, -0.25) is 4.79 Å². The van der Waals surface area contributed by atoms with E-state index in [4.69, 9.17) is 0 Å². The van der Waals surface area contributed by atoms with E-state index in [1.165, 1.54) is 11.9 Å². The van der Waals surface area contributed by atoms with Crippen molar-refractivity contribution in [1.82, 2.24) is 24.9 Å². The summed E-state index contributed by atoms with van der Waals surface area (Å²) in [6.07, 6.45) is 3.62. The van der Waals surface area contributed by atoms with Gasteiger partial charge in [0.15, 0.2) is 0 Å². The predicted molar refractivity (Wildman–Crippen MR) is 110 cm³/mol. The minimum atomic E-state index is -0.0151. The van der Waals surface area contributed by atoms with Gasteiger partial charge in [-0.2, -0.15) is 10.1 Å². The molecule has 148 valence electrons. The Balaban J connectivity index is 1.60. The van der Waals surface area contributed by atoms with Crippen LogP contribution in [0.3, 0.4) is 0 Å². The van der Waals surface area contributed by atoms with E-state index in [1.807, 2.05) is 20.8 Å². The van der Waals surface area contributed by atoms with Crippen LogP contribution >= 0.6 is 0 Å². The first-order valence-corrected chi connectivity index (χ1v) is 9.89. The zero-order chi connectivity index (χ0) is 20.3. The topological polar surface area (TPSA) is 72.2 Å². The van der Waals surface area contributed by atoms with Crippen LogP contribution in [-0.4, -0.2) is 25.5 Å². The van der Waals surface area contributed by atoms with Crippen LogP contribution in [-0.2, 0) is 17.6 Å². The van der Waals surface area contributed by atoms with Gasteiger partial charge < -0.3 is 5.32 Å². The number of hydrogen-bond acceptors (Lipinski definition) is 4. The predicted octanol–water partition coefficient (Wildman–Crippen LogP) is 3.75. The van der Waals surface area contributed by atoms with Crippen molar-refractivity contribution < 1.29 is 4.79 Å². The highest BCUT2D eigenvalue weighted by molar-refractivity contribution is 5.76. The molecule has 6 heteroatoms. The first-order chi connectivity index (χ1) is 13.3. The van der Waals surface area contributed by atoms with Crippen molar-refractivity contribution in [1.29, 1.82) is 0 Å². The lowest BCUT2D eigenvalue weighted by atomic mass is 10.00. The Bertz CT molecular complexity index is 959. The molecule has 3 aromatic rings. The molecule has 0 saturated carbocycles. The highest BCUT2D eigenvalue weighted by Gasteiger charge is 2.14. The van der Waals surface area contributed by atoms with Crippen molar-refractivity contribution in [3.63, 3.8) is 0 Å². The standard InChI is InChI=1S/C22H29N5O/c1-14(2)12-18-6-8-19(9-7-18)15(3)25-21(28)11-10-20-16(4)26-22-23-13-24-27(22)17(20)5/h6-9,13-15H,10-12H2,1-5H3,(H,25,28)/t15-/m1/s1. The number of amides is 1. The summed E-state index contributed by atoms with van der Waals surface area (Å²) in [5.74, 6) is 1.27. The number of aryl methyl sites for hydroxylation is 2. The number of nitrogens with one attached hydrogen (secondary N) is 1. The Hall–Kier alpha value is -2.76. The van der Waals surface area contributed by atoms with E-state index in [0.717, 1.165) is 28.9 Å². The average Bonchev–Trinajstić information content (AvgIpc) is 3.10. The first kappa shape index (κ1) is 20.0. The van der Waals surface area contributed by atoms with E-state index in [-0.39, 0.29) is 11.9 Å². The van der Waals surface area contributed by atoms with Gasteiger partial charge in [-0.05, 0) is 56.2 Å². The van der Waals surface area contributed by atoms with E-state index >= 15 is 0 Å². The van der Waals surface area contributed by atoms with Gasteiger partial charge >= 0.3 is 0 Å². The van der Waals surface area contributed by atoms with Gasteiger partial charge in [-0.1, -0.05) is 38.1 Å². The van der Waals surface area contributed by atoms with Gasteiger partial charge in [0.05, 0.1) is 6.04 Å². The van der Waals surface area contributed by atoms with Crippen LogP contribution in [0.4, 0.5) is 0 Å². The summed E-state index contributed by atoms with van der Waals surface area (Å²) < 4.78 is 1.72. The SMILES string of the molecule is Cc1nc2ncnn2c(C)c1CCC(=O)N[C@H](C)c1ccc(CC(C)C)cc1. The van der Waals surface area contributed by atoms with Crippen LogP contribution in [0.2, 0.25) is 0 Å². The summed E-state index contributed by atoms with van der Waals surface area (Å²) in [6, 6.07) is 8.52. The Morgan fingerprint density at radius 1 is 1.14 bits per heavy atom. The monoisotopic (exact) mass is 379 g/mol. The van der Waals surface area contributed by atoms with E-state index in [9.17, 15) is 4.79 Å². The summed E-state index contributed by atoms with van der Waals surface area (Å²) in [7, 11) is 0. The number of fused-ring (bicyclic) bond motifs is 1. The van der Waals surface area contributed by atoms with Crippen molar-refractivity contribution in [3.05, 3.63) is 58.7 Å². The number of carbonyl (C=O) groups is 1. The molecule has 3 rings (SSSR count). The number of carbonyl (C=O) groups excluding carboxylic acids is 1. The summed E-state index contributed by atoms with van der Waals surface area (Å²) in [5.41, 5.74) is 5.40. The van der Waals surface area contributed by atoms with Crippen molar-refractivity contribution in [2.45, 2.75) is 59.9 Å². The fraction of sp³-hybridized carbons (Fsp3) is 0.455. The maximum absolute atomic E-state index is 12.5. The highest BCUT2D eigenvalue weighted by atomic mass is 16.1. The van der Waals surface area contributed by atoms with E-state index in [0.29, 0.717) is 24.5 Å². The largest absolute Gasteiger partial charge is 0.350 e. The quantitative estimate of drug-likeness (QED) is 0.679. The van der Waals surface area contributed by atoms with Crippen molar-refractivity contribution in [2.24, 2.45) is 5.92 Å². The first-order valence-electron chi connectivity index (χ1n) is 9.89. The molecule has 1 amide bonds. The van der Waals surface area contributed by atoms with Gasteiger partial charge in [0.2, 0.25) is 5.91 Å². The van der Waals surface area contributed by atoms with Crippen LogP contribution in [0.5, 0.6) is 0 Å². The zero-order valence-electron chi connectivity index (χ0n) is 17.4. The number of hydrogen-bond donors (Lipinski definition) is 1. The van der Waals surface area contributed by atoms with Gasteiger partial charge in [0, 0.05) is 17.8 Å². The van der Waals surface area contributed by atoms with E-state index < -0.39 is 0 Å². The van der Waals surface area contributed by atoms with E-state index in [2.05, 4.69) is 58.5 Å². The second kappa shape index (κ2) is 8.50. The van der Waals surface area contributed by atoms with Crippen LogP contribution in [0.15, 0.2) is 30.6 Å². The van der Waals surface area contributed by atoms with Crippen molar-refractivity contribution >= 4 is 11.7 Å². The van der Waals surface area contributed by atoms with Gasteiger partial charge in [0.1, 0.15) is 6.33 Å². The molecule has 0 unspecified atom stereocenters. The Kier molecular flexibility index (Phi) is 6.07. The van der Waals surface area contributed by atoms with Crippen molar-refractivity contribution in [3.8, 4) is 0 Å². The Morgan fingerprint density at radius 2 is 1.86 bits per heavy atom. The summed E-state index contributed by atoms with van der Waals surface area (Å²) in [5, 5.41) is 7.31. The summed E-state index contributed by atoms with van der Waals surface area (Å²) in [4.78, 5) is 21.1. The molecule has 2 aromatic heterocycles. The third-order valence-electron chi connectivity index (χ3n) is 5.09. The molecule has 28 heavy (non-hydrogen) atoms. The lowest BCUT2D eigenvalue weighted by molar-refractivity contribution is -0.121. The van der Waals surface area contributed by atoms with Gasteiger partial charge in [0.25, 0.3) is 5.78 Å².